The summed E-state index contributed by atoms with van der Waals surface area (Å²) < 4.78 is 5.72. The summed E-state index contributed by atoms with van der Waals surface area (Å²) in [5.74, 6) is 0.995. The predicted molar refractivity (Wildman–Crippen MR) is 90.6 cm³/mol. The minimum atomic E-state index is -0.250. The van der Waals surface area contributed by atoms with Gasteiger partial charge in [0, 0.05) is 0 Å². The van der Waals surface area contributed by atoms with Crippen LogP contribution in [0, 0.1) is 20.8 Å². The number of aryl methyl sites for hydroxylation is 3. The molecule has 3 nitrogen and oxygen atoms in total. The SMILES string of the molecule is CCCOc1ccc(-c2ccc(C)c(C)c2)cc1C.O=CO. The summed E-state index contributed by atoms with van der Waals surface area (Å²) >= 11 is 0. The third kappa shape index (κ3) is 4.92. The van der Waals surface area contributed by atoms with Crippen LogP contribution < -0.4 is 4.74 Å². The van der Waals surface area contributed by atoms with Crippen LogP contribution in [0.2, 0.25) is 0 Å². The normalized spacial score (nSPS) is 9.64. The highest BCUT2D eigenvalue weighted by atomic mass is 16.5. The third-order valence-electron chi connectivity index (χ3n) is 3.48. The Bertz CT molecular complexity index is 618. The Balaban J connectivity index is 0.000000745. The van der Waals surface area contributed by atoms with Crippen LogP contribution in [0.3, 0.4) is 0 Å². The van der Waals surface area contributed by atoms with Gasteiger partial charge in [-0.1, -0.05) is 31.2 Å². The van der Waals surface area contributed by atoms with E-state index in [1.807, 2.05) is 0 Å². The zero-order chi connectivity index (χ0) is 16.5. The molecule has 2 rings (SSSR count). The van der Waals surface area contributed by atoms with Crippen molar-refractivity contribution < 1.29 is 14.6 Å². The topological polar surface area (TPSA) is 46.5 Å². The molecule has 2 aromatic rings. The number of benzene rings is 2. The van der Waals surface area contributed by atoms with Crippen LogP contribution in [-0.2, 0) is 4.79 Å². The van der Waals surface area contributed by atoms with Gasteiger partial charge in [-0.05, 0) is 67.1 Å². The Kier molecular flexibility index (Phi) is 7.17. The summed E-state index contributed by atoms with van der Waals surface area (Å²) in [7, 11) is 0. The van der Waals surface area contributed by atoms with Crippen molar-refractivity contribution in [2.45, 2.75) is 34.1 Å². The molecule has 3 heteroatoms. The Morgan fingerprint density at radius 1 is 0.955 bits per heavy atom. The molecule has 2 aromatic carbocycles. The van der Waals surface area contributed by atoms with Gasteiger partial charge in [-0.25, -0.2) is 0 Å². The lowest BCUT2D eigenvalue weighted by atomic mass is 9.99. The first-order valence-corrected chi connectivity index (χ1v) is 7.42. The van der Waals surface area contributed by atoms with E-state index in [2.05, 4.69) is 64.1 Å². The summed E-state index contributed by atoms with van der Waals surface area (Å²) in [6.07, 6.45) is 1.04. The largest absolute Gasteiger partial charge is 0.493 e. The maximum atomic E-state index is 8.36. The fraction of sp³-hybridized carbons (Fsp3) is 0.316. The molecular formula is C19H24O3. The van der Waals surface area contributed by atoms with Crippen LogP contribution in [0.25, 0.3) is 11.1 Å². The van der Waals surface area contributed by atoms with Gasteiger partial charge in [0.25, 0.3) is 6.47 Å². The number of carboxylic acid groups (broad SMARTS) is 1. The van der Waals surface area contributed by atoms with Crippen LogP contribution >= 0.6 is 0 Å². The summed E-state index contributed by atoms with van der Waals surface area (Å²) in [4.78, 5) is 8.36. The predicted octanol–water partition coefficient (Wildman–Crippen LogP) is 4.77. The summed E-state index contributed by atoms with van der Waals surface area (Å²) in [6.45, 7) is 9.06. The first-order chi connectivity index (χ1) is 10.5. The van der Waals surface area contributed by atoms with E-state index in [-0.39, 0.29) is 6.47 Å². The molecule has 0 aromatic heterocycles. The molecule has 0 aliphatic heterocycles. The molecule has 0 spiro atoms. The van der Waals surface area contributed by atoms with Crippen molar-refractivity contribution in [1.29, 1.82) is 0 Å². The third-order valence-corrected chi connectivity index (χ3v) is 3.48. The van der Waals surface area contributed by atoms with Gasteiger partial charge in [0.2, 0.25) is 0 Å². The van der Waals surface area contributed by atoms with E-state index in [9.17, 15) is 0 Å². The fourth-order valence-corrected chi connectivity index (χ4v) is 2.12. The Hall–Kier alpha value is -2.29. The molecule has 22 heavy (non-hydrogen) atoms. The maximum absolute atomic E-state index is 8.36. The average Bonchev–Trinajstić information content (AvgIpc) is 2.49. The van der Waals surface area contributed by atoms with Gasteiger partial charge < -0.3 is 9.84 Å². The van der Waals surface area contributed by atoms with Crippen molar-refractivity contribution in [2.24, 2.45) is 0 Å². The van der Waals surface area contributed by atoms with Gasteiger partial charge in [-0.2, -0.15) is 0 Å². The van der Waals surface area contributed by atoms with Crippen LogP contribution in [-0.4, -0.2) is 18.2 Å². The Morgan fingerprint density at radius 3 is 2.00 bits per heavy atom. The molecule has 0 aliphatic rings. The van der Waals surface area contributed by atoms with Gasteiger partial charge in [0.05, 0.1) is 6.61 Å². The highest BCUT2D eigenvalue weighted by Crippen LogP contribution is 2.27. The number of hydrogen-bond donors (Lipinski definition) is 1. The summed E-state index contributed by atoms with van der Waals surface area (Å²) in [5.41, 5.74) is 6.40. The van der Waals surface area contributed by atoms with Gasteiger partial charge in [0.15, 0.2) is 0 Å². The lowest BCUT2D eigenvalue weighted by Gasteiger charge is -2.11. The zero-order valence-corrected chi connectivity index (χ0v) is 13.7. The monoisotopic (exact) mass is 300 g/mol. The molecule has 0 saturated carbocycles. The highest BCUT2D eigenvalue weighted by molar-refractivity contribution is 5.66. The molecule has 0 bridgehead atoms. The zero-order valence-electron chi connectivity index (χ0n) is 13.7. The van der Waals surface area contributed by atoms with Gasteiger partial charge in [-0.15, -0.1) is 0 Å². The van der Waals surface area contributed by atoms with Crippen LogP contribution in [0.5, 0.6) is 5.75 Å². The Morgan fingerprint density at radius 2 is 1.50 bits per heavy atom. The maximum Gasteiger partial charge on any atom is 0.290 e. The summed E-state index contributed by atoms with van der Waals surface area (Å²) in [6, 6.07) is 13.0. The van der Waals surface area contributed by atoms with E-state index < -0.39 is 0 Å². The molecule has 0 radical (unpaired) electrons. The number of hydrogen-bond acceptors (Lipinski definition) is 2. The van der Waals surface area contributed by atoms with Gasteiger partial charge in [0.1, 0.15) is 5.75 Å². The molecule has 0 atom stereocenters. The average molecular weight is 300 g/mol. The molecule has 0 fully saturated rings. The second-order valence-electron chi connectivity index (χ2n) is 5.23. The van der Waals surface area contributed by atoms with E-state index >= 15 is 0 Å². The number of carbonyl (C=O) groups is 1. The van der Waals surface area contributed by atoms with E-state index in [0.717, 1.165) is 18.8 Å². The van der Waals surface area contributed by atoms with E-state index in [1.165, 1.54) is 27.8 Å². The van der Waals surface area contributed by atoms with Gasteiger partial charge >= 0.3 is 0 Å². The summed E-state index contributed by atoms with van der Waals surface area (Å²) in [5, 5.41) is 6.89. The van der Waals surface area contributed by atoms with Crippen molar-refractivity contribution in [3.05, 3.63) is 53.1 Å². The fourth-order valence-electron chi connectivity index (χ4n) is 2.12. The van der Waals surface area contributed by atoms with Crippen molar-refractivity contribution >= 4 is 6.47 Å². The first-order valence-electron chi connectivity index (χ1n) is 7.42. The minimum Gasteiger partial charge on any atom is -0.493 e. The molecule has 0 heterocycles. The highest BCUT2D eigenvalue weighted by Gasteiger charge is 2.04. The standard InChI is InChI=1S/C18H22O.CH2O2/c1-5-10-19-18-9-8-17(12-15(18)4)16-7-6-13(2)14(3)11-16;2-1-3/h6-9,11-12H,5,10H2,1-4H3;1H,(H,2,3). The lowest BCUT2D eigenvalue weighted by molar-refractivity contribution is -0.122. The van der Waals surface area contributed by atoms with Crippen molar-refractivity contribution in [2.75, 3.05) is 6.61 Å². The Labute approximate surface area is 132 Å². The van der Waals surface area contributed by atoms with Crippen LogP contribution in [0.15, 0.2) is 36.4 Å². The van der Waals surface area contributed by atoms with Crippen LogP contribution in [0.4, 0.5) is 0 Å². The number of rotatable bonds is 4. The first kappa shape index (κ1) is 17.8. The molecule has 0 unspecified atom stereocenters. The number of ether oxygens (including phenoxy) is 1. The lowest BCUT2D eigenvalue weighted by Crippen LogP contribution is -1.97. The van der Waals surface area contributed by atoms with Crippen molar-refractivity contribution in [3.8, 4) is 16.9 Å². The van der Waals surface area contributed by atoms with E-state index in [1.54, 1.807) is 0 Å². The molecule has 0 aliphatic carbocycles. The van der Waals surface area contributed by atoms with E-state index in [4.69, 9.17) is 14.6 Å². The van der Waals surface area contributed by atoms with Crippen LogP contribution in [0.1, 0.15) is 30.0 Å². The van der Waals surface area contributed by atoms with Crippen molar-refractivity contribution in [1.82, 2.24) is 0 Å². The van der Waals surface area contributed by atoms with E-state index in [0.29, 0.717) is 0 Å². The minimum absolute atomic E-state index is 0.250. The second-order valence-corrected chi connectivity index (χ2v) is 5.23. The molecular weight excluding hydrogens is 276 g/mol. The van der Waals surface area contributed by atoms with Gasteiger partial charge in [-0.3, -0.25) is 4.79 Å². The van der Waals surface area contributed by atoms with Crippen molar-refractivity contribution in [3.63, 3.8) is 0 Å². The quantitative estimate of drug-likeness (QED) is 0.827. The molecule has 0 saturated heterocycles. The molecule has 118 valence electrons. The molecule has 0 amide bonds. The smallest absolute Gasteiger partial charge is 0.290 e. The second kappa shape index (κ2) is 8.88. The molecule has 1 N–H and O–H groups in total.